The fraction of sp³-hybridized carbons (Fsp3) is 0.778. The van der Waals surface area contributed by atoms with Gasteiger partial charge in [-0.2, -0.15) is 0 Å². The Morgan fingerprint density at radius 1 is 1.09 bits per heavy atom. The molecule has 2 aliphatic rings. The first-order valence-electron chi connectivity index (χ1n) is 8.49. The molecule has 124 valence electrons. The molecule has 0 aromatic carbocycles. The molecular weight excluding hydrogens is 280 g/mol. The van der Waals surface area contributed by atoms with E-state index >= 15 is 0 Å². The Bertz CT molecular complexity index is 427. The molecule has 2 rings (SSSR count). The van der Waals surface area contributed by atoms with Crippen LogP contribution < -0.4 is 0 Å². The first-order valence-corrected chi connectivity index (χ1v) is 8.49. The predicted octanol–water partition coefficient (Wildman–Crippen LogP) is 3.64. The van der Waals surface area contributed by atoms with Gasteiger partial charge >= 0.3 is 11.9 Å². The van der Waals surface area contributed by atoms with Crippen molar-refractivity contribution in [3.05, 3.63) is 12.2 Å². The summed E-state index contributed by atoms with van der Waals surface area (Å²) in [4.78, 5) is 23.0. The average molecular weight is 308 g/mol. The van der Waals surface area contributed by atoms with E-state index in [0.717, 1.165) is 32.1 Å². The van der Waals surface area contributed by atoms with E-state index in [-0.39, 0.29) is 24.1 Å². The number of rotatable bonds is 6. The molecule has 22 heavy (non-hydrogen) atoms. The summed E-state index contributed by atoms with van der Waals surface area (Å²) in [5.41, 5.74) is 0. The quantitative estimate of drug-likeness (QED) is 0.703. The molecule has 0 spiro atoms. The summed E-state index contributed by atoms with van der Waals surface area (Å²) in [7, 11) is 0. The van der Waals surface area contributed by atoms with Crippen molar-refractivity contribution in [2.45, 2.75) is 71.5 Å². The van der Waals surface area contributed by atoms with Crippen LogP contribution in [0.3, 0.4) is 0 Å². The second-order valence-corrected chi connectivity index (χ2v) is 7.32. The zero-order chi connectivity index (χ0) is 16.1. The molecule has 2 heterocycles. The summed E-state index contributed by atoms with van der Waals surface area (Å²) in [6.07, 6.45) is 8.58. The second-order valence-electron chi connectivity index (χ2n) is 7.32. The lowest BCUT2D eigenvalue weighted by Gasteiger charge is -2.32. The highest BCUT2D eigenvalue weighted by atomic mass is 16.5. The van der Waals surface area contributed by atoms with Crippen molar-refractivity contribution in [1.82, 2.24) is 0 Å². The van der Waals surface area contributed by atoms with Gasteiger partial charge < -0.3 is 9.47 Å². The highest BCUT2D eigenvalue weighted by Crippen LogP contribution is 2.32. The van der Waals surface area contributed by atoms with Gasteiger partial charge in [-0.1, -0.05) is 26.8 Å². The van der Waals surface area contributed by atoms with Crippen LogP contribution in [0.15, 0.2) is 12.2 Å². The van der Waals surface area contributed by atoms with E-state index in [1.54, 1.807) is 0 Å². The Hall–Kier alpha value is -1.32. The van der Waals surface area contributed by atoms with Crippen molar-refractivity contribution < 1.29 is 19.1 Å². The Labute approximate surface area is 133 Å². The lowest BCUT2D eigenvalue weighted by atomic mass is 9.83. The third-order valence-electron chi connectivity index (χ3n) is 4.42. The first-order chi connectivity index (χ1) is 10.4. The predicted molar refractivity (Wildman–Crippen MR) is 84.1 cm³/mol. The van der Waals surface area contributed by atoms with Gasteiger partial charge in [0.05, 0.1) is 0 Å². The van der Waals surface area contributed by atoms with Crippen LogP contribution >= 0.6 is 0 Å². The molecule has 0 aromatic heterocycles. The lowest BCUT2D eigenvalue weighted by molar-refractivity contribution is -0.158. The maximum Gasteiger partial charge on any atom is 0.330 e. The molecule has 1 fully saturated rings. The number of esters is 2. The summed E-state index contributed by atoms with van der Waals surface area (Å²) in [5, 5.41) is 0. The third-order valence-corrected chi connectivity index (χ3v) is 4.42. The Kier molecular flexibility index (Phi) is 6.04. The van der Waals surface area contributed by atoms with Crippen LogP contribution in [0.4, 0.5) is 0 Å². The Morgan fingerprint density at radius 2 is 1.86 bits per heavy atom. The van der Waals surface area contributed by atoms with E-state index < -0.39 is 0 Å². The molecule has 0 aromatic rings. The van der Waals surface area contributed by atoms with E-state index in [0.29, 0.717) is 24.2 Å². The SMILES string of the molecule is CC(C)CC1CC(CC(C)CC2CC=CC(=O)O2)CC(=O)O1. The molecule has 4 nitrogen and oxygen atoms in total. The lowest BCUT2D eigenvalue weighted by Crippen LogP contribution is -2.32. The summed E-state index contributed by atoms with van der Waals surface area (Å²) in [5.74, 6) is 1.10. The van der Waals surface area contributed by atoms with Gasteiger partial charge in [0.2, 0.25) is 0 Å². The fourth-order valence-electron chi connectivity index (χ4n) is 3.65. The Morgan fingerprint density at radius 3 is 2.55 bits per heavy atom. The summed E-state index contributed by atoms with van der Waals surface area (Å²) < 4.78 is 10.8. The molecule has 0 amide bonds. The van der Waals surface area contributed by atoms with E-state index in [4.69, 9.17) is 9.47 Å². The molecule has 0 N–H and O–H groups in total. The molecule has 4 unspecified atom stereocenters. The number of hydrogen-bond donors (Lipinski definition) is 0. The molecule has 0 bridgehead atoms. The van der Waals surface area contributed by atoms with Gasteiger partial charge in [-0.15, -0.1) is 0 Å². The molecule has 0 radical (unpaired) electrons. The summed E-state index contributed by atoms with van der Waals surface area (Å²) >= 11 is 0. The van der Waals surface area contributed by atoms with Crippen LogP contribution in [0.2, 0.25) is 0 Å². The molecule has 1 saturated heterocycles. The van der Waals surface area contributed by atoms with Gasteiger partial charge in [0.25, 0.3) is 0 Å². The van der Waals surface area contributed by atoms with Crippen molar-refractivity contribution in [2.75, 3.05) is 0 Å². The number of ether oxygens (including phenoxy) is 2. The fourth-order valence-corrected chi connectivity index (χ4v) is 3.65. The van der Waals surface area contributed by atoms with E-state index in [9.17, 15) is 9.59 Å². The molecule has 4 atom stereocenters. The average Bonchev–Trinajstić information content (AvgIpc) is 2.36. The van der Waals surface area contributed by atoms with E-state index in [2.05, 4.69) is 20.8 Å². The van der Waals surface area contributed by atoms with Crippen molar-refractivity contribution >= 4 is 11.9 Å². The zero-order valence-electron chi connectivity index (χ0n) is 13.9. The normalized spacial score (nSPS) is 30.1. The van der Waals surface area contributed by atoms with Crippen LogP contribution in [0.1, 0.15) is 59.3 Å². The largest absolute Gasteiger partial charge is 0.462 e. The van der Waals surface area contributed by atoms with Crippen molar-refractivity contribution in [3.63, 3.8) is 0 Å². The van der Waals surface area contributed by atoms with E-state index in [1.165, 1.54) is 6.08 Å². The minimum absolute atomic E-state index is 0.00509. The molecular formula is C18H28O4. The molecule has 0 saturated carbocycles. The molecule has 2 aliphatic heterocycles. The summed E-state index contributed by atoms with van der Waals surface area (Å²) in [6.45, 7) is 6.50. The van der Waals surface area contributed by atoms with Crippen LogP contribution in [0, 0.1) is 17.8 Å². The zero-order valence-corrected chi connectivity index (χ0v) is 13.9. The highest BCUT2D eigenvalue weighted by molar-refractivity contribution is 5.82. The minimum atomic E-state index is -0.235. The highest BCUT2D eigenvalue weighted by Gasteiger charge is 2.30. The standard InChI is InChI=1S/C18H28O4/c1-12(2)7-16-10-14(11-18(20)22-16)8-13(3)9-15-5-4-6-17(19)21-15/h4,6,12-16H,5,7-11H2,1-3H3. The van der Waals surface area contributed by atoms with Gasteiger partial charge in [-0.3, -0.25) is 4.79 Å². The maximum atomic E-state index is 11.8. The maximum absolute atomic E-state index is 11.8. The second kappa shape index (κ2) is 7.80. The minimum Gasteiger partial charge on any atom is -0.462 e. The van der Waals surface area contributed by atoms with Crippen LogP contribution in [0.5, 0.6) is 0 Å². The number of carbonyl (C=O) groups is 2. The number of carbonyl (C=O) groups excluding carboxylic acids is 2. The van der Waals surface area contributed by atoms with Gasteiger partial charge in [0.15, 0.2) is 0 Å². The smallest absolute Gasteiger partial charge is 0.330 e. The third kappa shape index (κ3) is 5.47. The van der Waals surface area contributed by atoms with Gasteiger partial charge in [-0.05, 0) is 43.4 Å². The van der Waals surface area contributed by atoms with Crippen LogP contribution in [-0.4, -0.2) is 24.1 Å². The summed E-state index contributed by atoms with van der Waals surface area (Å²) in [6, 6.07) is 0. The van der Waals surface area contributed by atoms with Gasteiger partial charge in [0.1, 0.15) is 12.2 Å². The van der Waals surface area contributed by atoms with Crippen molar-refractivity contribution in [2.24, 2.45) is 17.8 Å². The monoisotopic (exact) mass is 308 g/mol. The Balaban J connectivity index is 1.79. The number of cyclic esters (lactones) is 2. The van der Waals surface area contributed by atoms with E-state index in [1.807, 2.05) is 6.08 Å². The topological polar surface area (TPSA) is 52.6 Å². The van der Waals surface area contributed by atoms with Gasteiger partial charge in [0, 0.05) is 18.9 Å². The van der Waals surface area contributed by atoms with Crippen LogP contribution in [0.25, 0.3) is 0 Å². The molecule has 4 heteroatoms. The van der Waals surface area contributed by atoms with Crippen molar-refractivity contribution in [3.8, 4) is 0 Å². The van der Waals surface area contributed by atoms with Crippen molar-refractivity contribution in [1.29, 1.82) is 0 Å². The van der Waals surface area contributed by atoms with Crippen LogP contribution in [-0.2, 0) is 19.1 Å². The molecule has 0 aliphatic carbocycles. The number of hydrogen-bond acceptors (Lipinski definition) is 4. The first kappa shape index (κ1) is 17.0. The van der Waals surface area contributed by atoms with Gasteiger partial charge in [-0.25, -0.2) is 4.79 Å².